The summed E-state index contributed by atoms with van der Waals surface area (Å²) in [7, 11) is -2.16. The lowest BCUT2D eigenvalue weighted by Gasteiger charge is -2.30. The Hall–Kier alpha value is -4.42. The Kier molecular flexibility index (Phi) is 8.76. The van der Waals surface area contributed by atoms with Crippen molar-refractivity contribution in [1.29, 1.82) is 0 Å². The molecule has 284 valence electrons. The number of nitrogens with zero attached hydrogens (tertiary/aromatic N) is 4. The maximum absolute atomic E-state index is 14.7. The molecule has 2 aromatic carbocycles. The highest BCUT2D eigenvalue weighted by Crippen LogP contribution is 2.49. The smallest absolute Gasteiger partial charge is 0.264 e. The topological polar surface area (TPSA) is 125 Å². The van der Waals surface area contributed by atoms with Gasteiger partial charge in [-0.25, -0.2) is 13.1 Å². The number of allylic oxidation sites excluding steroid dienone is 1. The van der Waals surface area contributed by atoms with E-state index in [1.165, 1.54) is 12.0 Å². The Morgan fingerprint density at radius 1 is 0.981 bits per heavy atom. The van der Waals surface area contributed by atoms with Crippen molar-refractivity contribution in [1.82, 2.24) is 24.0 Å². The zero-order chi connectivity index (χ0) is 37.5. The predicted molar refractivity (Wildman–Crippen MR) is 208 cm³/mol. The first kappa shape index (κ1) is 35.3. The fourth-order valence-corrected chi connectivity index (χ4v) is 10.0. The SMILES string of the molecule is COc1ccc2c(c1)C=C(c1c(C(=O)N3C[C@H]4C[C@@H]3CO4)c(C)nn1C1CCC1)Cn1c-2c(C2CCCCC2)c2ccc(C(=O)NS(=O)(=O)C(C)C)cc21. The molecule has 4 fully saturated rings. The van der Waals surface area contributed by atoms with Crippen molar-refractivity contribution >= 4 is 44.4 Å². The van der Waals surface area contributed by atoms with Gasteiger partial charge in [0.2, 0.25) is 10.0 Å². The van der Waals surface area contributed by atoms with E-state index in [1.807, 2.05) is 30.0 Å². The van der Waals surface area contributed by atoms with Gasteiger partial charge in [-0.2, -0.15) is 5.10 Å². The van der Waals surface area contributed by atoms with E-state index in [4.69, 9.17) is 14.6 Å². The summed E-state index contributed by atoms with van der Waals surface area (Å²) in [5, 5.41) is 5.43. The van der Waals surface area contributed by atoms with Crippen LogP contribution in [0.2, 0.25) is 0 Å². The summed E-state index contributed by atoms with van der Waals surface area (Å²) in [6, 6.07) is 12.1. The van der Waals surface area contributed by atoms with Gasteiger partial charge in [0.25, 0.3) is 11.8 Å². The molecule has 2 saturated heterocycles. The van der Waals surface area contributed by atoms with Crippen LogP contribution in [0.5, 0.6) is 5.75 Å². The molecule has 0 spiro atoms. The molecule has 3 aliphatic heterocycles. The quantitative estimate of drug-likeness (QED) is 0.202. The molecule has 11 nitrogen and oxygen atoms in total. The van der Waals surface area contributed by atoms with Crippen molar-refractivity contribution < 1.29 is 27.5 Å². The van der Waals surface area contributed by atoms with Gasteiger partial charge < -0.3 is 18.9 Å². The average Bonchev–Trinajstić information content (AvgIpc) is 3.90. The summed E-state index contributed by atoms with van der Waals surface area (Å²) in [5.41, 5.74) is 8.76. The van der Waals surface area contributed by atoms with Crippen LogP contribution in [0.15, 0.2) is 36.4 Å². The van der Waals surface area contributed by atoms with E-state index in [0.29, 0.717) is 31.2 Å². The third-order valence-corrected chi connectivity index (χ3v) is 14.3. The summed E-state index contributed by atoms with van der Waals surface area (Å²) in [6.07, 6.45) is 11.9. The minimum Gasteiger partial charge on any atom is -0.497 e. The number of rotatable bonds is 8. The van der Waals surface area contributed by atoms with Crippen LogP contribution < -0.4 is 9.46 Å². The standard InChI is InChI=1S/C42H49N5O6S/c1-24(2)54(50,51)44-41(48)27-13-15-35-36(19-27)46-21-29(17-28-18-32(52-4)14-16-34(28)40(46)38(35)26-9-6-5-7-10-26)39-37(25(3)43-47(39)30-11-8-12-30)42(49)45-22-33-20-31(45)23-53-33/h13-19,24,26,30-31,33H,5-12,20-23H2,1-4H3,(H,44,48)/t31-,33-/m1/s1. The third kappa shape index (κ3) is 5.79. The molecular weight excluding hydrogens is 703 g/mol. The van der Waals surface area contributed by atoms with E-state index in [2.05, 4.69) is 32.2 Å². The second-order valence-corrected chi connectivity index (χ2v) is 18.4. The van der Waals surface area contributed by atoms with E-state index < -0.39 is 21.2 Å². The fraction of sp³-hybridized carbons (Fsp3) is 0.500. The van der Waals surface area contributed by atoms with Crippen LogP contribution in [0, 0.1) is 6.92 Å². The molecule has 2 atom stereocenters. The fourth-order valence-electron chi connectivity index (χ4n) is 9.43. The largest absolute Gasteiger partial charge is 0.497 e. The molecule has 4 aromatic rings. The van der Waals surface area contributed by atoms with Crippen molar-refractivity contribution in [2.24, 2.45) is 0 Å². The molecule has 2 aliphatic carbocycles. The summed E-state index contributed by atoms with van der Waals surface area (Å²) in [4.78, 5) is 30.3. The summed E-state index contributed by atoms with van der Waals surface area (Å²) < 4.78 is 44.0. The number of aryl methyl sites for hydroxylation is 1. The molecule has 2 aromatic heterocycles. The van der Waals surface area contributed by atoms with Crippen molar-refractivity contribution in [3.8, 4) is 17.0 Å². The summed E-state index contributed by atoms with van der Waals surface area (Å²) in [6.45, 7) is 6.65. The minimum atomic E-state index is -3.84. The average molecular weight is 752 g/mol. The molecule has 12 heteroatoms. The van der Waals surface area contributed by atoms with Gasteiger partial charge in [-0.3, -0.25) is 14.3 Å². The number of fused-ring (bicyclic) bond motifs is 7. The van der Waals surface area contributed by atoms with Gasteiger partial charge >= 0.3 is 0 Å². The van der Waals surface area contributed by atoms with Crippen molar-refractivity contribution in [2.45, 2.75) is 114 Å². The zero-order valence-electron chi connectivity index (χ0n) is 31.6. The van der Waals surface area contributed by atoms with Gasteiger partial charge in [-0.05, 0) is 118 Å². The molecule has 54 heavy (non-hydrogen) atoms. The second-order valence-electron chi connectivity index (χ2n) is 16.2. The van der Waals surface area contributed by atoms with Gasteiger partial charge in [0.15, 0.2) is 0 Å². The van der Waals surface area contributed by atoms with E-state index in [1.54, 1.807) is 27.0 Å². The number of methoxy groups -OCH3 is 1. The number of nitrogens with one attached hydrogen (secondary N) is 1. The Morgan fingerprint density at radius 3 is 2.44 bits per heavy atom. The normalized spacial score (nSPS) is 21.5. The highest BCUT2D eigenvalue weighted by molar-refractivity contribution is 7.90. The van der Waals surface area contributed by atoms with Gasteiger partial charge in [-0.15, -0.1) is 0 Å². The Morgan fingerprint density at radius 2 is 1.78 bits per heavy atom. The third-order valence-electron chi connectivity index (χ3n) is 12.6. The molecular formula is C42H49N5O6S. The number of morpholine rings is 1. The highest BCUT2D eigenvalue weighted by Gasteiger charge is 2.44. The van der Waals surface area contributed by atoms with Gasteiger partial charge in [0, 0.05) is 28.6 Å². The van der Waals surface area contributed by atoms with Crippen LogP contribution in [0.25, 0.3) is 33.8 Å². The number of hydrogen-bond donors (Lipinski definition) is 1. The number of aromatic nitrogens is 3. The Bertz CT molecular complexity index is 2330. The molecule has 5 heterocycles. The van der Waals surface area contributed by atoms with Crippen LogP contribution in [-0.2, 0) is 21.3 Å². The zero-order valence-corrected chi connectivity index (χ0v) is 32.4. The maximum Gasteiger partial charge on any atom is 0.264 e. The monoisotopic (exact) mass is 751 g/mol. The number of likely N-dealkylation sites (tertiary alicyclic amines) is 1. The number of benzene rings is 2. The number of ether oxygens (including phenoxy) is 2. The van der Waals surface area contributed by atoms with Crippen LogP contribution in [0.4, 0.5) is 0 Å². The molecule has 2 bridgehead atoms. The summed E-state index contributed by atoms with van der Waals surface area (Å²) in [5.74, 6) is 0.422. The molecule has 2 saturated carbocycles. The molecule has 2 amide bonds. The lowest BCUT2D eigenvalue weighted by atomic mass is 9.81. The molecule has 9 rings (SSSR count). The van der Waals surface area contributed by atoms with E-state index in [-0.39, 0.29) is 29.7 Å². The summed E-state index contributed by atoms with van der Waals surface area (Å²) >= 11 is 0. The van der Waals surface area contributed by atoms with Crippen molar-refractivity contribution in [3.63, 3.8) is 0 Å². The maximum atomic E-state index is 14.7. The number of amides is 2. The Balaban J connectivity index is 1.27. The predicted octanol–water partition coefficient (Wildman–Crippen LogP) is 7.23. The van der Waals surface area contributed by atoms with Gasteiger partial charge in [0.05, 0.1) is 66.3 Å². The lowest BCUT2D eigenvalue weighted by Crippen LogP contribution is -2.42. The van der Waals surface area contributed by atoms with Crippen LogP contribution in [0.1, 0.15) is 127 Å². The van der Waals surface area contributed by atoms with E-state index >= 15 is 0 Å². The van der Waals surface area contributed by atoms with Crippen molar-refractivity contribution in [2.75, 3.05) is 20.3 Å². The van der Waals surface area contributed by atoms with Crippen LogP contribution in [-0.4, -0.2) is 77.1 Å². The number of carbonyl (C=O) groups excluding carboxylic acids is 2. The first-order valence-electron chi connectivity index (χ1n) is 19.7. The number of hydrogen-bond acceptors (Lipinski definition) is 7. The van der Waals surface area contributed by atoms with Gasteiger partial charge in [-0.1, -0.05) is 25.3 Å². The molecule has 1 N–H and O–H groups in total. The molecule has 5 aliphatic rings. The second kappa shape index (κ2) is 13.4. The van der Waals surface area contributed by atoms with Crippen LogP contribution >= 0.6 is 0 Å². The van der Waals surface area contributed by atoms with Gasteiger partial charge in [0.1, 0.15) is 5.75 Å². The van der Waals surface area contributed by atoms with E-state index in [9.17, 15) is 18.0 Å². The molecule has 0 radical (unpaired) electrons. The van der Waals surface area contributed by atoms with Crippen LogP contribution in [0.3, 0.4) is 0 Å². The lowest BCUT2D eigenvalue weighted by molar-refractivity contribution is 0.0258. The van der Waals surface area contributed by atoms with Crippen molar-refractivity contribution in [3.05, 3.63) is 70.0 Å². The first-order chi connectivity index (χ1) is 26.0. The number of carbonyl (C=O) groups is 2. The van der Waals surface area contributed by atoms with E-state index in [0.717, 1.165) is 102 Å². The molecule has 0 unspecified atom stereocenters. The number of sulfonamides is 1. The minimum absolute atomic E-state index is 0.00527. The Labute approximate surface area is 316 Å². The first-order valence-corrected chi connectivity index (χ1v) is 21.2. The highest BCUT2D eigenvalue weighted by atomic mass is 32.2.